The van der Waals surface area contributed by atoms with Gasteiger partial charge in [0.25, 0.3) is 5.95 Å². The van der Waals surface area contributed by atoms with E-state index in [1.54, 1.807) is 7.11 Å². The fourth-order valence-corrected chi connectivity index (χ4v) is 2.50. The van der Waals surface area contributed by atoms with Gasteiger partial charge in [0, 0.05) is 6.54 Å². The topological polar surface area (TPSA) is 74.1 Å². The van der Waals surface area contributed by atoms with Gasteiger partial charge in [0.15, 0.2) is 11.5 Å². The third-order valence-corrected chi connectivity index (χ3v) is 4.06. The second kappa shape index (κ2) is 8.33. The van der Waals surface area contributed by atoms with Crippen molar-refractivity contribution in [3.63, 3.8) is 0 Å². The van der Waals surface area contributed by atoms with Gasteiger partial charge in [-0.1, -0.05) is 35.4 Å². The number of aromatic nitrogens is 4. The van der Waals surface area contributed by atoms with Gasteiger partial charge in [0.05, 0.1) is 13.7 Å². The molecule has 0 saturated carbocycles. The van der Waals surface area contributed by atoms with Gasteiger partial charge in [-0.05, 0) is 47.9 Å². The Morgan fingerprint density at radius 2 is 1.96 bits per heavy atom. The quantitative estimate of drug-likeness (QED) is 0.670. The first-order valence-electron chi connectivity index (χ1n) is 8.55. The molecule has 3 aromatic rings. The van der Waals surface area contributed by atoms with E-state index < -0.39 is 0 Å². The molecule has 0 unspecified atom stereocenters. The van der Waals surface area contributed by atoms with Gasteiger partial charge >= 0.3 is 0 Å². The molecule has 0 spiro atoms. The third kappa shape index (κ3) is 4.30. The maximum atomic E-state index is 5.95. The molecular formula is C19H23N5O2. The first-order valence-corrected chi connectivity index (χ1v) is 8.55. The molecule has 0 fully saturated rings. The van der Waals surface area contributed by atoms with Crippen LogP contribution in [-0.4, -0.2) is 27.3 Å². The minimum absolute atomic E-state index is 0.505. The Hall–Kier alpha value is -3.09. The monoisotopic (exact) mass is 353 g/mol. The van der Waals surface area contributed by atoms with Crippen LogP contribution in [0.3, 0.4) is 0 Å². The van der Waals surface area contributed by atoms with Crippen LogP contribution in [0.5, 0.6) is 11.5 Å². The van der Waals surface area contributed by atoms with Crippen molar-refractivity contribution in [1.82, 2.24) is 20.2 Å². The van der Waals surface area contributed by atoms with Gasteiger partial charge in [-0.25, -0.2) is 0 Å². The van der Waals surface area contributed by atoms with Gasteiger partial charge in [-0.3, -0.25) is 0 Å². The lowest BCUT2D eigenvalue weighted by molar-refractivity contribution is 0.283. The number of rotatable bonds is 8. The fraction of sp³-hybridized carbons (Fsp3) is 0.316. The lowest BCUT2D eigenvalue weighted by Crippen LogP contribution is -2.04. The van der Waals surface area contributed by atoms with Crippen LogP contribution < -0.4 is 14.8 Å². The average Bonchev–Trinajstić information content (AvgIpc) is 3.14. The summed E-state index contributed by atoms with van der Waals surface area (Å²) in [5.74, 6) is 1.92. The SMILES string of the molecule is CCn1nnc(NCc2ccc(OCc3ccccc3C)c(OC)c2)n1. The van der Waals surface area contributed by atoms with Crippen molar-refractivity contribution in [2.24, 2.45) is 0 Å². The van der Waals surface area contributed by atoms with Crippen LogP contribution in [-0.2, 0) is 19.7 Å². The lowest BCUT2D eigenvalue weighted by Gasteiger charge is -2.13. The Kier molecular flexibility index (Phi) is 5.68. The van der Waals surface area contributed by atoms with Crippen LogP contribution in [0.1, 0.15) is 23.6 Å². The summed E-state index contributed by atoms with van der Waals surface area (Å²) < 4.78 is 11.4. The molecule has 7 heteroatoms. The summed E-state index contributed by atoms with van der Waals surface area (Å²) in [7, 11) is 1.64. The smallest absolute Gasteiger partial charge is 0.263 e. The van der Waals surface area contributed by atoms with Gasteiger partial charge in [0.2, 0.25) is 0 Å². The number of anilines is 1. The summed E-state index contributed by atoms with van der Waals surface area (Å²) in [6.45, 7) is 5.81. The second-order valence-corrected chi connectivity index (χ2v) is 5.86. The molecule has 136 valence electrons. The van der Waals surface area contributed by atoms with Crippen LogP contribution in [0, 0.1) is 6.92 Å². The van der Waals surface area contributed by atoms with Crippen LogP contribution in [0.15, 0.2) is 42.5 Å². The van der Waals surface area contributed by atoms with E-state index in [0.29, 0.717) is 31.4 Å². The Labute approximate surface area is 152 Å². The maximum Gasteiger partial charge on any atom is 0.263 e. The zero-order valence-corrected chi connectivity index (χ0v) is 15.3. The van der Waals surface area contributed by atoms with E-state index >= 15 is 0 Å². The molecule has 0 radical (unpaired) electrons. The normalized spacial score (nSPS) is 10.6. The van der Waals surface area contributed by atoms with E-state index in [4.69, 9.17) is 9.47 Å². The van der Waals surface area contributed by atoms with Crippen molar-refractivity contribution >= 4 is 5.95 Å². The number of aryl methyl sites for hydroxylation is 2. The largest absolute Gasteiger partial charge is 0.493 e. The molecule has 3 rings (SSSR count). The Bertz CT molecular complexity index is 863. The Morgan fingerprint density at radius 1 is 1.12 bits per heavy atom. The first kappa shape index (κ1) is 17.7. The number of hydrogen-bond acceptors (Lipinski definition) is 6. The molecule has 0 aliphatic rings. The van der Waals surface area contributed by atoms with E-state index in [2.05, 4.69) is 39.8 Å². The van der Waals surface area contributed by atoms with Crippen LogP contribution in [0.25, 0.3) is 0 Å². The van der Waals surface area contributed by atoms with Crippen LogP contribution in [0.2, 0.25) is 0 Å². The molecule has 0 saturated heterocycles. The predicted molar refractivity (Wildman–Crippen MR) is 99.3 cm³/mol. The molecule has 0 amide bonds. The minimum atomic E-state index is 0.505. The second-order valence-electron chi connectivity index (χ2n) is 5.86. The molecule has 1 aromatic heterocycles. The lowest BCUT2D eigenvalue weighted by atomic mass is 10.1. The van der Waals surface area contributed by atoms with Gasteiger partial charge in [0.1, 0.15) is 6.61 Å². The number of ether oxygens (including phenoxy) is 2. The summed E-state index contributed by atoms with van der Waals surface area (Å²) in [5, 5.41) is 15.2. The highest BCUT2D eigenvalue weighted by Gasteiger charge is 2.08. The number of methoxy groups -OCH3 is 1. The van der Waals surface area contributed by atoms with Crippen molar-refractivity contribution in [2.75, 3.05) is 12.4 Å². The molecule has 0 aliphatic heterocycles. The molecule has 0 aliphatic carbocycles. The zero-order chi connectivity index (χ0) is 18.4. The highest BCUT2D eigenvalue weighted by molar-refractivity contribution is 5.44. The standard InChI is InChI=1S/C19H23N5O2/c1-4-24-22-19(21-23-24)20-12-15-9-10-17(18(11-15)25-3)26-13-16-8-6-5-7-14(16)2/h5-11H,4,12-13H2,1-3H3,(H,20,22). The Morgan fingerprint density at radius 3 is 2.69 bits per heavy atom. The Balaban J connectivity index is 1.64. The summed E-state index contributed by atoms with van der Waals surface area (Å²) >= 11 is 0. The minimum Gasteiger partial charge on any atom is -0.493 e. The summed E-state index contributed by atoms with van der Waals surface area (Å²) in [4.78, 5) is 1.53. The summed E-state index contributed by atoms with van der Waals surface area (Å²) in [6, 6.07) is 14.0. The molecule has 0 atom stereocenters. The van der Waals surface area contributed by atoms with E-state index in [9.17, 15) is 0 Å². The molecule has 0 bridgehead atoms. The van der Waals surface area contributed by atoms with Crippen molar-refractivity contribution in [1.29, 1.82) is 0 Å². The third-order valence-electron chi connectivity index (χ3n) is 4.06. The van der Waals surface area contributed by atoms with Crippen molar-refractivity contribution < 1.29 is 9.47 Å². The van der Waals surface area contributed by atoms with E-state index in [-0.39, 0.29) is 0 Å². The number of nitrogens with one attached hydrogen (secondary N) is 1. The van der Waals surface area contributed by atoms with Crippen molar-refractivity contribution in [3.05, 3.63) is 59.2 Å². The predicted octanol–water partition coefficient (Wildman–Crippen LogP) is 3.20. The highest BCUT2D eigenvalue weighted by atomic mass is 16.5. The highest BCUT2D eigenvalue weighted by Crippen LogP contribution is 2.29. The molecule has 26 heavy (non-hydrogen) atoms. The molecule has 1 heterocycles. The van der Waals surface area contributed by atoms with E-state index in [0.717, 1.165) is 16.9 Å². The number of hydrogen-bond donors (Lipinski definition) is 1. The molecular weight excluding hydrogens is 330 g/mol. The van der Waals surface area contributed by atoms with Crippen LogP contribution in [0.4, 0.5) is 5.95 Å². The molecule has 7 nitrogen and oxygen atoms in total. The zero-order valence-electron chi connectivity index (χ0n) is 15.3. The van der Waals surface area contributed by atoms with E-state index in [1.165, 1.54) is 10.4 Å². The number of nitrogens with zero attached hydrogens (tertiary/aromatic N) is 4. The number of tetrazole rings is 1. The fourth-order valence-electron chi connectivity index (χ4n) is 2.50. The van der Waals surface area contributed by atoms with Crippen molar-refractivity contribution in [2.45, 2.75) is 33.5 Å². The van der Waals surface area contributed by atoms with Gasteiger partial charge < -0.3 is 14.8 Å². The van der Waals surface area contributed by atoms with Gasteiger partial charge in [-0.2, -0.15) is 4.80 Å². The van der Waals surface area contributed by atoms with Crippen molar-refractivity contribution in [3.8, 4) is 11.5 Å². The van der Waals surface area contributed by atoms with Gasteiger partial charge in [-0.15, -0.1) is 5.10 Å². The summed E-state index contributed by atoms with van der Waals surface area (Å²) in [5.41, 5.74) is 3.41. The number of benzene rings is 2. The summed E-state index contributed by atoms with van der Waals surface area (Å²) in [6.07, 6.45) is 0. The maximum absolute atomic E-state index is 5.95. The van der Waals surface area contributed by atoms with Crippen LogP contribution >= 0.6 is 0 Å². The average molecular weight is 353 g/mol. The first-order chi connectivity index (χ1) is 12.7. The molecule has 2 aromatic carbocycles. The molecule has 1 N–H and O–H groups in total. The van der Waals surface area contributed by atoms with E-state index in [1.807, 2.05) is 37.3 Å².